The number of aliphatic hydroxyl groups is 1. The molecule has 84 valence electrons. The van der Waals surface area contributed by atoms with Crippen LogP contribution in [0.2, 0.25) is 0 Å². The van der Waals surface area contributed by atoms with Gasteiger partial charge in [0.2, 0.25) is 5.91 Å². The predicted octanol–water partition coefficient (Wildman–Crippen LogP) is 1.69. The standard InChI is InChI=1S/C13H15NO2/c1-10-6-7-12(5-3-4-8-15)9-13(10)14-11(2)16/h6-7,9,15H,4,8H2,1-2H3,(H,14,16). The molecular weight excluding hydrogens is 202 g/mol. The molecule has 0 bridgehead atoms. The minimum atomic E-state index is -0.0939. The van der Waals surface area contributed by atoms with E-state index in [2.05, 4.69) is 17.2 Å². The number of hydrogen-bond acceptors (Lipinski definition) is 2. The number of amides is 1. The molecule has 0 fully saturated rings. The Labute approximate surface area is 95.5 Å². The zero-order valence-corrected chi connectivity index (χ0v) is 9.50. The van der Waals surface area contributed by atoms with Crippen molar-refractivity contribution in [2.24, 2.45) is 0 Å². The molecule has 1 aromatic carbocycles. The van der Waals surface area contributed by atoms with Gasteiger partial charge in [-0.2, -0.15) is 0 Å². The number of carbonyl (C=O) groups is 1. The summed E-state index contributed by atoms with van der Waals surface area (Å²) >= 11 is 0. The molecule has 0 radical (unpaired) electrons. The fraction of sp³-hybridized carbons (Fsp3) is 0.308. The Morgan fingerprint density at radius 3 is 2.88 bits per heavy atom. The first-order valence-electron chi connectivity index (χ1n) is 5.11. The van der Waals surface area contributed by atoms with Crippen LogP contribution in [0.4, 0.5) is 5.69 Å². The van der Waals surface area contributed by atoms with Crippen LogP contribution < -0.4 is 5.32 Å². The summed E-state index contributed by atoms with van der Waals surface area (Å²) in [5, 5.41) is 11.4. The van der Waals surface area contributed by atoms with Gasteiger partial charge in [0.1, 0.15) is 0 Å². The summed E-state index contributed by atoms with van der Waals surface area (Å²) in [6.45, 7) is 3.47. The van der Waals surface area contributed by atoms with Crippen LogP contribution in [0.15, 0.2) is 18.2 Å². The number of carbonyl (C=O) groups excluding carboxylic acids is 1. The number of benzene rings is 1. The maximum absolute atomic E-state index is 11.0. The monoisotopic (exact) mass is 217 g/mol. The average molecular weight is 217 g/mol. The third-order valence-corrected chi connectivity index (χ3v) is 2.02. The fourth-order valence-corrected chi connectivity index (χ4v) is 1.24. The molecule has 0 saturated heterocycles. The number of aliphatic hydroxyl groups excluding tert-OH is 1. The smallest absolute Gasteiger partial charge is 0.221 e. The Morgan fingerprint density at radius 1 is 1.50 bits per heavy atom. The van der Waals surface area contributed by atoms with E-state index in [-0.39, 0.29) is 12.5 Å². The lowest BCUT2D eigenvalue weighted by atomic mass is 10.1. The van der Waals surface area contributed by atoms with Crippen molar-refractivity contribution in [1.82, 2.24) is 0 Å². The molecule has 0 heterocycles. The molecule has 1 rings (SSSR count). The Morgan fingerprint density at radius 2 is 2.25 bits per heavy atom. The van der Waals surface area contributed by atoms with Gasteiger partial charge in [0, 0.05) is 24.6 Å². The minimum Gasteiger partial charge on any atom is -0.395 e. The van der Waals surface area contributed by atoms with Gasteiger partial charge in [-0.15, -0.1) is 0 Å². The quantitative estimate of drug-likeness (QED) is 0.740. The summed E-state index contributed by atoms with van der Waals surface area (Å²) in [7, 11) is 0. The van der Waals surface area contributed by atoms with Gasteiger partial charge in [-0.05, 0) is 24.6 Å². The first-order chi connectivity index (χ1) is 7.63. The predicted molar refractivity (Wildman–Crippen MR) is 64.1 cm³/mol. The van der Waals surface area contributed by atoms with Gasteiger partial charge in [-0.1, -0.05) is 17.9 Å². The van der Waals surface area contributed by atoms with Crippen molar-refractivity contribution in [3.05, 3.63) is 29.3 Å². The minimum absolute atomic E-state index is 0.0669. The zero-order valence-electron chi connectivity index (χ0n) is 9.50. The number of anilines is 1. The summed E-state index contributed by atoms with van der Waals surface area (Å²) in [6.07, 6.45) is 0.462. The van der Waals surface area contributed by atoms with Crippen LogP contribution in [0.3, 0.4) is 0 Å². The van der Waals surface area contributed by atoms with E-state index in [0.717, 1.165) is 16.8 Å². The Hall–Kier alpha value is -1.79. The first-order valence-corrected chi connectivity index (χ1v) is 5.11. The Kier molecular flexibility index (Phi) is 4.56. The highest BCUT2D eigenvalue weighted by molar-refractivity contribution is 5.89. The van der Waals surface area contributed by atoms with E-state index in [0.29, 0.717) is 6.42 Å². The van der Waals surface area contributed by atoms with Crippen LogP contribution in [0.25, 0.3) is 0 Å². The zero-order chi connectivity index (χ0) is 12.0. The molecular formula is C13H15NO2. The van der Waals surface area contributed by atoms with Gasteiger partial charge in [0.15, 0.2) is 0 Å². The van der Waals surface area contributed by atoms with Crippen molar-refractivity contribution in [3.63, 3.8) is 0 Å². The van der Waals surface area contributed by atoms with Crippen LogP contribution in [0.1, 0.15) is 24.5 Å². The normalized spacial score (nSPS) is 9.19. The van der Waals surface area contributed by atoms with Gasteiger partial charge in [0.25, 0.3) is 0 Å². The third-order valence-electron chi connectivity index (χ3n) is 2.02. The lowest BCUT2D eigenvalue weighted by Gasteiger charge is -2.06. The van der Waals surface area contributed by atoms with Crippen LogP contribution in [0.5, 0.6) is 0 Å². The van der Waals surface area contributed by atoms with E-state index in [1.165, 1.54) is 6.92 Å². The summed E-state index contributed by atoms with van der Waals surface area (Å²) in [5.74, 6) is 5.67. The molecule has 0 aliphatic rings. The largest absolute Gasteiger partial charge is 0.395 e. The van der Waals surface area contributed by atoms with E-state index in [1.807, 2.05) is 25.1 Å². The van der Waals surface area contributed by atoms with Crippen LogP contribution in [0, 0.1) is 18.8 Å². The first kappa shape index (κ1) is 12.3. The molecule has 0 spiro atoms. The second-order valence-electron chi connectivity index (χ2n) is 3.49. The number of rotatable bonds is 2. The highest BCUT2D eigenvalue weighted by atomic mass is 16.2. The van der Waals surface area contributed by atoms with Gasteiger partial charge in [-0.3, -0.25) is 4.79 Å². The lowest BCUT2D eigenvalue weighted by molar-refractivity contribution is -0.114. The highest BCUT2D eigenvalue weighted by Gasteiger charge is 2.00. The van der Waals surface area contributed by atoms with E-state index in [1.54, 1.807) is 0 Å². The van der Waals surface area contributed by atoms with Gasteiger partial charge < -0.3 is 10.4 Å². The summed E-state index contributed by atoms with van der Waals surface area (Å²) in [6, 6.07) is 5.64. The molecule has 0 aromatic heterocycles. The van der Waals surface area contributed by atoms with E-state index in [4.69, 9.17) is 5.11 Å². The van der Waals surface area contributed by atoms with E-state index >= 15 is 0 Å². The molecule has 1 aromatic rings. The van der Waals surface area contributed by atoms with Crippen LogP contribution in [-0.4, -0.2) is 17.6 Å². The van der Waals surface area contributed by atoms with Crippen molar-refractivity contribution < 1.29 is 9.90 Å². The van der Waals surface area contributed by atoms with Gasteiger partial charge in [-0.25, -0.2) is 0 Å². The second-order valence-corrected chi connectivity index (χ2v) is 3.49. The molecule has 0 saturated carbocycles. The van der Waals surface area contributed by atoms with Crippen molar-refractivity contribution in [2.75, 3.05) is 11.9 Å². The average Bonchev–Trinajstić information content (AvgIpc) is 2.22. The van der Waals surface area contributed by atoms with E-state index < -0.39 is 0 Å². The van der Waals surface area contributed by atoms with Crippen molar-refractivity contribution in [1.29, 1.82) is 0 Å². The molecule has 0 aliphatic heterocycles. The SMILES string of the molecule is CC(=O)Nc1cc(C#CCCO)ccc1C. The van der Waals surface area contributed by atoms with Crippen LogP contribution >= 0.6 is 0 Å². The Balaban J connectivity index is 2.90. The molecule has 0 unspecified atom stereocenters. The maximum atomic E-state index is 11.0. The third kappa shape index (κ3) is 3.76. The van der Waals surface area contributed by atoms with Crippen LogP contribution in [-0.2, 0) is 4.79 Å². The topological polar surface area (TPSA) is 49.3 Å². The van der Waals surface area contributed by atoms with Crippen molar-refractivity contribution in [2.45, 2.75) is 20.3 Å². The lowest BCUT2D eigenvalue weighted by Crippen LogP contribution is -2.07. The summed E-state index contributed by atoms with van der Waals surface area (Å²) in [4.78, 5) is 11.0. The molecule has 3 heteroatoms. The fourth-order valence-electron chi connectivity index (χ4n) is 1.24. The highest BCUT2D eigenvalue weighted by Crippen LogP contribution is 2.16. The molecule has 1 amide bonds. The number of nitrogens with one attached hydrogen (secondary N) is 1. The summed E-state index contributed by atoms with van der Waals surface area (Å²) < 4.78 is 0. The number of hydrogen-bond donors (Lipinski definition) is 2. The van der Waals surface area contributed by atoms with Crippen molar-refractivity contribution in [3.8, 4) is 11.8 Å². The maximum Gasteiger partial charge on any atom is 0.221 e. The second kappa shape index (κ2) is 5.94. The van der Waals surface area contributed by atoms with Gasteiger partial charge >= 0.3 is 0 Å². The molecule has 0 atom stereocenters. The van der Waals surface area contributed by atoms with E-state index in [9.17, 15) is 4.79 Å². The Bertz CT molecular complexity index is 441. The van der Waals surface area contributed by atoms with Gasteiger partial charge in [0.05, 0.1) is 6.61 Å². The molecule has 0 aliphatic carbocycles. The summed E-state index contributed by atoms with van der Waals surface area (Å²) in [5.41, 5.74) is 2.62. The molecule has 2 N–H and O–H groups in total. The number of aryl methyl sites for hydroxylation is 1. The molecule has 3 nitrogen and oxygen atoms in total. The molecule has 16 heavy (non-hydrogen) atoms. The van der Waals surface area contributed by atoms with Crippen molar-refractivity contribution >= 4 is 11.6 Å².